The van der Waals surface area contributed by atoms with Crippen LogP contribution in [0.5, 0.6) is 0 Å². The van der Waals surface area contributed by atoms with Gasteiger partial charge in [0.05, 0.1) is 18.6 Å². The molecular weight excluding hydrogens is 220 g/mol. The van der Waals surface area contributed by atoms with Crippen molar-refractivity contribution >= 4 is 5.91 Å². The fourth-order valence-corrected chi connectivity index (χ4v) is 2.31. The lowest BCUT2D eigenvalue weighted by Crippen LogP contribution is -2.50. The van der Waals surface area contributed by atoms with Gasteiger partial charge in [-0.25, -0.2) is 0 Å². The summed E-state index contributed by atoms with van der Waals surface area (Å²) < 4.78 is 10.6. The highest BCUT2D eigenvalue weighted by molar-refractivity contribution is 5.83. The van der Waals surface area contributed by atoms with E-state index in [1.54, 1.807) is 0 Å². The largest absolute Gasteiger partial charge is 0.381 e. The van der Waals surface area contributed by atoms with Gasteiger partial charge in [-0.15, -0.1) is 0 Å². The van der Waals surface area contributed by atoms with Gasteiger partial charge in [0.2, 0.25) is 5.91 Å². The zero-order valence-electron chi connectivity index (χ0n) is 10.4. The molecule has 2 fully saturated rings. The van der Waals surface area contributed by atoms with Crippen LogP contribution in [0, 0.1) is 11.3 Å². The van der Waals surface area contributed by atoms with Crippen molar-refractivity contribution in [1.29, 1.82) is 0 Å². The van der Waals surface area contributed by atoms with E-state index in [9.17, 15) is 4.79 Å². The molecule has 0 radical (unpaired) electrons. The number of hydrogen-bond donors (Lipinski definition) is 2. The summed E-state index contributed by atoms with van der Waals surface area (Å²) in [5, 5.41) is 3.01. The monoisotopic (exact) mass is 242 g/mol. The van der Waals surface area contributed by atoms with E-state index in [-0.39, 0.29) is 11.9 Å². The Bertz CT molecular complexity index is 279. The number of amides is 1. The molecule has 0 bridgehead atoms. The summed E-state index contributed by atoms with van der Waals surface area (Å²) in [7, 11) is 0. The van der Waals surface area contributed by atoms with Crippen molar-refractivity contribution < 1.29 is 14.3 Å². The Morgan fingerprint density at radius 2 is 2.12 bits per heavy atom. The van der Waals surface area contributed by atoms with Gasteiger partial charge in [-0.2, -0.15) is 0 Å². The van der Waals surface area contributed by atoms with Crippen LogP contribution in [0.4, 0.5) is 0 Å². The number of nitrogens with two attached hydrogens (primary N) is 1. The first-order valence-electron chi connectivity index (χ1n) is 6.32. The molecule has 2 aliphatic heterocycles. The number of carbonyl (C=O) groups excluding carboxylic acids is 1. The second-order valence-electron chi connectivity index (χ2n) is 5.30. The summed E-state index contributed by atoms with van der Waals surface area (Å²) >= 11 is 0. The molecule has 0 aromatic heterocycles. The van der Waals surface area contributed by atoms with Crippen molar-refractivity contribution in [2.45, 2.75) is 25.8 Å². The Morgan fingerprint density at radius 3 is 2.71 bits per heavy atom. The fourth-order valence-electron chi connectivity index (χ4n) is 2.31. The number of rotatable bonds is 3. The first-order chi connectivity index (χ1) is 8.13. The molecule has 0 aromatic rings. The standard InChI is InChI=1S/C12H22N2O3/c1-12(8-17-7-10(12)13)11(15)14-6-9-2-4-16-5-3-9/h9-10H,2-8,13H2,1H3,(H,14,15). The third kappa shape index (κ3) is 2.78. The van der Waals surface area contributed by atoms with Crippen LogP contribution in [-0.2, 0) is 14.3 Å². The van der Waals surface area contributed by atoms with E-state index in [0.717, 1.165) is 32.6 Å². The minimum Gasteiger partial charge on any atom is -0.381 e. The van der Waals surface area contributed by atoms with Gasteiger partial charge in [-0.05, 0) is 25.7 Å². The molecule has 3 N–H and O–H groups in total. The van der Waals surface area contributed by atoms with Crippen molar-refractivity contribution in [3.8, 4) is 0 Å². The highest BCUT2D eigenvalue weighted by atomic mass is 16.5. The quantitative estimate of drug-likeness (QED) is 0.724. The van der Waals surface area contributed by atoms with Gasteiger partial charge in [0.1, 0.15) is 0 Å². The molecule has 2 unspecified atom stereocenters. The first-order valence-corrected chi connectivity index (χ1v) is 6.32. The van der Waals surface area contributed by atoms with Crippen molar-refractivity contribution in [1.82, 2.24) is 5.32 Å². The van der Waals surface area contributed by atoms with Crippen LogP contribution in [-0.4, -0.2) is 44.9 Å². The van der Waals surface area contributed by atoms with E-state index >= 15 is 0 Å². The van der Waals surface area contributed by atoms with Crippen LogP contribution >= 0.6 is 0 Å². The Labute approximate surface area is 102 Å². The summed E-state index contributed by atoms with van der Waals surface area (Å²) in [6.07, 6.45) is 2.05. The smallest absolute Gasteiger partial charge is 0.229 e. The third-order valence-corrected chi connectivity index (χ3v) is 3.93. The Morgan fingerprint density at radius 1 is 1.41 bits per heavy atom. The van der Waals surface area contributed by atoms with E-state index in [1.807, 2.05) is 6.92 Å². The van der Waals surface area contributed by atoms with Crippen LogP contribution in [0.3, 0.4) is 0 Å². The zero-order valence-corrected chi connectivity index (χ0v) is 10.4. The topological polar surface area (TPSA) is 73.6 Å². The van der Waals surface area contributed by atoms with Gasteiger partial charge in [-0.1, -0.05) is 0 Å². The Balaban J connectivity index is 1.80. The molecular formula is C12H22N2O3. The predicted molar refractivity (Wildman–Crippen MR) is 63.5 cm³/mol. The van der Waals surface area contributed by atoms with Crippen LogP contribution in [0.2, 0.25) is 0 Å². The summed E-state index contributed by atoms with van der Waals surface area (Å²) in [4.78, 5) is 12.1. The maximum atomic E-state index is 12.1. The fraction of sp³-hybridized carbons (Fsp3) is 0.917. The van der Waals surface area contributed by atoms with Gasteiger partial charge in [0.15, 0.2) is 0 Å². The van der Waals surface area contributed by atoms with Crippen molar-refractivity contribution in [2.75, 3.05) is 33.0 Å². The summed E-state index contributed by atoms with van der Waals surface area (Å²) in [5.41, 5.74) is 5.35. The summed E-state index contributed by atoms with van der Waals surface area (Å²) in [6.45, 7) is 5.12. The number of carbonyl (C=O) groups is 1. The van der Waals surface area contributed by atoms with E-state index in [1.165, 1.54) is 0 Å². The number of hydrogen-bond acceptors (Lipinski definition) is 4. The van der Waals surface area contributed by atoms with Crippen LogP contribution in [0.25, 0.3) is 0 Å². The van der Waals surface area contributed by atoms with Gasteiger partial charge < -0.3 is 20.5 Å². The molecule has 5 heteroatoms. The van der Waals surface area contributed by atoms with Gasteiger partial charge in [0.25, 0.3) is 0 Å². The molecule has 2 rings (SSSR count). The molecule has 17 heavy (non-hydrogen) atoms. The van der Waals surface area contributed by atoms with Crippen LogP contribution < -0.4 is 11.1 Å². The lowest BCUT2D eigenvalue weighted by molar-refractivity contribution is -0.131. The highest BCUT2D eigenvalue weighted by Crippen LogP contribution is 2.27. The Kier molecular flexibility index (Phi) is 4.01. The molecule has 2 saturated heterocycles. The van der Waals surface area contributed by atoms with Gasteiger partial charge in [0, 0.05) is 25.8 Å². The lowest BCUT2D eigenvalue weighted by Gasteiger charge is -2.28. The first kappa shape index (κ1) is 12.8. The molecule has 0 aromatic carbocycles. The van der Waals surface area contributed by atoms with E-state index in [4.69, 9.17) is 15.2 Å². The van der Waals surface area contributed by atoms with Gasteiger partial charge in [-0.3, -0.25) is 4.79 Å². The van der Waals surface area contributed by atoms with Crippen molar-refractivity contribution in [3.05, 3.63) is 0 Å². The van der Waals surface area contributed by atoms with E-state index < -0.39 is 5.41 Å². The van der Waals surface area contributed by atoms with E-state index in [0.29, 0.717) is 19.1 Å². The molecule has 5 nitrogen and oxygen atoms in total. The minimum absolute atomic E-state index is 0.0222. The van der Waals surface area contributed by atoms with Crippen LogP contribution in [0.15, 0.2) is 0 Å². The Hall–Kier alpha value is -0.650. The maximum absolute atomic E-state index is 12.1. The van der Waals surface area contributed by atoms with Crippen LogP contribution in [0.1, 0.15) is 19.8 Å². The van der Waals surface area contributed by atoms with E-state index in [2.05, 4.69) is 5.32 Å². The normalized spacial score (nSPS) is 34.8. The minimum atomic E-state index is -0.564. The molecule has 0 aliphatic carbocycles. The molecule has 2 atom stereocenters. The van der Waals surface area contributed by atoms with Crippen molar-refractivity contribution in [2.24, 2.45) is 17.1 Å². The molecule has 98 valence electrons. The third-order valence-electron chi connectivity index (χ3n) is 3.93. The number of ether oxygens (including phenoxy) is 2. The summed E-state index contributed by atoms with van der Waals surface area (Å²) in [6, 6.07) is -0.197. The number of nitrogens with one attached hydrogen (secondary N) is 1. The molecule has 2 heterocycles. The zero-order chi connectivity index (χ0) is 12.3. The molecule has 2 aliphatic rings. The molecule has 1 amide bonds. The average molecular weight is 242 g/mol. The second-order valence-corrected chi connectivity index (χ2v) is 5.30. The maximum Gasteiger partial charge on any atom is 0.229 e. The summed E-state index contributed by atoms with van der Waals surface area (Å²) in [5.74, 6) is 0.559. The predicted octanol–water partition coefficient (Wildman–Crippen LogP) is -0.107. The van der Waals surface area contributed by atoms with Crippen molar-refractivity contribution in [3.63, 3.8) is 0 Å². The average Bonchev–Trinajstić information content (AvgIpc) is 2.69. The molecule has 0 spiro atoms. The van der Waals surface area contributed by atoms with Gasteiger partial charge >= 0.3 is 0 Å². The lowest BCUT2D eigenvalue weighted by atomic mass is 9.84. The molecule has 0 saturated carbocycles. The second kappa shape index (κ2) is 5.33. The SMILES string of the molecule is CC1(C(=O)NCC2CCOCC2)COCC1N. The highest BCUT2D eigenvalue weighted by Gasteiger charge is 2.44.